The Morgan fingerprint density at radius 2 is 2.50 bits per heavy atom. The predicted octanol–water partition coefficient (Wildman–Crippen LogP) is 1.72. The van der Waals surface area contributed by atoms with Crippen molar-refractivity contribution in [1.82, 2.24) is 9.78 Å². The number of thiophene rings is 1. The zero-order valence-corrected chi connectivity index (χ0v) is 8.16. The number of aromatic nitrogens is 2. The molecule has 0 amide bonds. The predicted molar refractivity (Wildman–Crippen MR) is 55.6 cm³/mol. The van der Waals surface area contributed by atoms with Crippen LogP contribution in [0.5, 0.6) is 0 Å². The SMILES string of the molecule is N#CCn1nc(-c2cccs2)cc1N. The summed E-state index contributed by atoms with van der Waals surface area (Å²) in [7, 11) is 0. The molecule has 0 fully saturated rings. The Balaban J connectivity index is 2.39. The fourth-order valence-electron chi connectivity index (χ4n) is 1.17. The van der Waals surface area contributed by atoms with Crippen LogP contribution in [0.1, 0.15) is 0 Å². The van der Waals surface area contributed by atoms with Crippen molar-refractivity contribution in [3.63, 3.8) is 0 Å². The first kappa shape index (κ1) is 8.78. The van der Waals surface area contributed by atoms with Crippen LogP contribution in [-0.4, -0.2) is 9.78 Å². The Hall–Kier alpha value is -1.80. The van der Waals surface area contributed by atoms with Crippen molar-refractivity contribution in [3.8, 4) is 16.6 Å². The van der Waals surface area contributed by atoms with Crippen molar-refractivity contribution >= 4 is 17.2 Å². The Morgan fingerprint density at radius 1 is 1.64 bits per heavy atom. The summed E-state index contributed by atoms with van der Waals surface area (Å²) in [5.41, 5.74) is 6.51. The Morgan fingerprint density at radius 3 is 3.14 bits per heavy atom. The summed E-state index contributed by atoms with van der Waals surface area (Å²) in [4.78, 5) is 1.06. The minimum Gasteiger partial charge on any atom is -0.384 e. The Kier molecular flexibility index (Phi) is 2.21. The molecule has 14 heavy (non-hydrogen) atoms. The highest BCUT2D eigenvalue weighted by atomic mass is 32.1. The van der Waals surface area contributed by atoms with Crippen LogP contribution in [0.2, 0.25) is 0 Å². The molecule has 5 heteroatoms. The summed E-state index contributed by atoms with van der Waals surface area (Å²) >= 11 is 1.60. The van der Waals surface area contributed by atoms with Gasteiger partial charge in [0.1, 0.15) is 18.1 Å². The Labute approximate surface area is 85.2 Å². The molecule has 0 aliphatic rings. The number of nitrogens with zero attached hydrogens (tertiary/aromatic N) is 3. The van der Waals surface area contributed by atoms with Crippen LogP contribution in [0, 0.1) is 11.3 Å². The lowest BCUT2D eigenvalue weighted by molar-refractivity contribution is 0.724. The van der Waals surface area contributed by atoms with Gasteiger partial charge >= 0.3 is 0 Å². The van der Waals surface area contributed by atoms with Gasteiger partial charge in [-0.3, -0.25) is 0 Å². The summed E-state index contributed by atoms with van der Waals surface area (Å²) in [5.74, 6) is 0.523. The maximum Gasteiger partial charge on any atom is 0.130 e. The van der Waals surface area contributed by atoms with E-state index in [2.05, 4.69) is 5.10 Å². The van der Waals surface area contributed by atoms with E-state index < -0.39 is 0 Å². The fraction of sp³-hybridized carbons (Fsp3) is 0.111. The van der Waals surface area contributed by atoms with Crippen molar-refractivity contribution in [2.75, 3.05) is 5.73 Å². The van der Waals surface area contributed by atoms with E-state index in [4.69, 9.17) is 11.0 Å². The van der Waals surface area contributed by atoms with E-state index in [1.165, 1.54) is 4.68 Å². The highest BCUT2D eigenvalue weighted by Crippen LogP contribution is 2.24. The standard InChI is InChI=1S/C9H8N4S/c10-3-4-13-9(11)6-7(12-13)8-2-1-5-14-8/h1-2,5-6H,4,11H2. The third kappa shape index (κ3) is 1.47. The molecule has 0 bridgehead atoms. The molecule has 2 aromatic heterocycles. The van der Waals surface area contributed by atoms with Crippen LogP contribution in [0.3, 0.4) is 0 Å². The molecule has 0 saturated heterocycles. The van der Waals surface area contributed by atoms with E-state index in [9.17, 15) is 0 Å². The first-order valence-corrected chi connectivity index (χ1v) is 4.93. The number of hydrogen-bond donors (Lipinski definition) is 1. The number of nitriles is 1. The maximum absolute atomic E-state index is 8.52. The lowest BCUT2D eigenvalue weighted by Gasteiger charge is -1.93. The second kappa shape index (κ2) is 3.52. The molecular weight excluding hydrogens is 196 g/mol. The quantitative estimate of drug-likeness (QED) is 0.809. The van der Waals surface area contributed by atoms with Gasteiger partial charge in [-0.25, -0.2) is 4.68 Å². The molecule has 0 aliphatic carbocycles. The molecule has 0 spiro atoms. The molecule has 0 aromatic carbocycles. The van der Waals surface area contributed by atoms with Gasteiger partial charge in [-0.05, 0) is 11.4 Å². The van der Waals surface area contributed by atoms with Crippen LogP contribution in [0.15, 0.2) is 23.6 Å². The smallest absolute Gasteiger partial charge is 0.130 e. The summed E-state index contributed by atoms with van der Waals surface area (Å²) in [6.45, 7) is 0.192. The minimum atomic E-state index is 0.192. The third-order valence-corrected chi connectivity index (χ3v) is 2.70. The normalized spacial score (nSPS) is 9.93. The zero-order valence-electron chi connectivity index (χ0n) is 7.34. The van der Waals surface area contributed by atoms with Gasteiger partial charge in [0.15, 0.2) is 0 Å². The molecule has 0 saturated carbocycles. The van der Waals surface area contributed by atoms with E-state index in [0.29, 0.717) is 5.82 Å². The molecule has 2 rings (SSSR count). The average molecular weight is 204 g/mol. The number of nitrogen functional groups attached to an aromatic ring is 1. The summed E-state index contributed by atoms with van der Waals surface area (Å²) in [6, 6.07) is 7.72. The van der Waals surface area contributed by atoms with Crippen LogP contribution < -0.4 is 5.73 Å². The number of nitrogens with two attached hydrogens (primary N) is 1. The largest absolute Gasteiger partial charge is 0.384 e. The summed E-state index contributed by atoms with van der Waals surface area (Å²) in [5, 5.41) is 14.7. The molecule has 0 unspecified atom stereocenters. The van der Waals surface area contributed by atoms with Gasteiger partial charge in [-0.1, -0.05) is 6.07 Å². The molecule has 70 valence electrons. The second-order valence-electron chi connectivity index (χ2n) is 2.75. The topological polar surface area (TPSA) is 67.6 Å². The van der Waals surface area contributed by atoms with Crippen molar-refractivity contribution in [1.29, 1.82) is 5.26 Å². The summed E-state index contributed by atoms with van der Waals surface area (Å²) in [6.07, 6.45) is 0. The number of hydrogen-bond acceptors (Lipinski definition) is 4. The molecule has 0 aliphatic heterocycles. The van der Waals surface area contributed by atoms with Gasteiger partial charge in [-0.2, -0.15) is 10.4 Å². The lowest BCUT2D eigenvalue weighted by atomic mass is 10.3. The zero-order chi connectivity index (χ0) is 9.97. The van der Waals surface area contributed by atoms with Crippen LogP contribution in [0.25, 0.3) is 10.6 Å². The molecule has 0 atom stereocenters. The van der Waals surface area contributed by atoms with E-state index >= 15 is 0 Å². The van der Waals surface area contributed by atoms with Crippen LogP contribution in [0.4, 0.5) is 5.82 Å². The van der Waals surface area contributed by atoms with Crippen molar-refractivity contribution in [2.45, 2.75) is 6.54 Å². The highest BCUT2D eigenvalue weighted by molar-refractivity contribution is 7.13. The molecule has 2 N–H and O–H groups in total. The first-order valence-electron chi connectivity index (χ1n) is 4.05. The molecule has 4 nitrogen and oxygen atoms in total. The van der Waals surface area contributed by atoms with E-state index in [1.807, 2.05) is 23.6 Å². The number of anilines is 1. The van der Waals surface area contributed by atoms with Crippen molar-refractivity contribution < 1.29 is 0 Å². The number of rotatable bonds is 2. The van der Waals surface area contributed by atoms with Gasteiger partial charge in [0.2, 0.25) is 0 Å². The van der Waals surface area contributed by atoms with Crippen molar-refractivity contribution in [3.05, 3.63) is 23.6 Å². The van der Waals surface area contributed by atoms with E-state index in [1.54, 1.807) is 17.4 Å². The van der Waals surface area contributed by atoms with Crippen LogP contribution in [-0.2, 0) is 6.54 Å². The second-order valence-corrected chi connectivity index (χ2v) is 3.70. The van der Waals surface area contributed by atoms with Gasteiger partial charge in [0.25, 0.3) is 0 Å². The van der Waals surface area contributed by atoms with E-state index in [0.717, 1.165) is 10.6 Å². The maximum atomic E-state index is 8.52. The van der Waals surface area contributed by atoms with Gasteiger partial charge in [-0.15, -0.1) is 11.3 Å². The first-order chi connectivity index (χ1) is 6.81. The average Bonchev–Trinajstić information content (AvgIpc) is 2.76. The van der Waals surface area contributed by atoms with Crippen molar-refractivity contribution in [2.24, 2.45) is 0 Å². The fourth-order valence-corrected chi connectivity index (χ4v) is 1.85. The summed E-state index contributed by atoms with van der Waals surface area (Å²) < 4.78 is 1.50. The minimum absolute atomic E-state index is 0.192. The van der Waals surface area contributed by atoms with E-state index in [-0.39, 0.29) is 6.54 Å². The molecule has 0 radical (unpaired) electrons. The molecular formula is C9H8N4S. The van der Waals surface area contributed by atoms with Gasteiger partial charge < -0.3 is 5.73 Å². The monoisotopic (exact) mass is 204 g/mol. The van der Waals surface area contributed by atoms with Crippen LogP contribution >= 0.6 is 11.3 Å². The molecule has 2 heterocycles. The lowest BCUT2D eigenvalue weighted by Crippen LogP contribution is -2.02. The van der Waals surface area contributed by atoms with Gasteiger partial charge in [0.05, 0.1) is 10.9 Å². The Bertz CT molecular complexity index is 463. The molecule has 2 aromatic rings. The third-order valence-electron chi connectivity index (χ3n) is 1.81. The highest BCUT2D eigenvalue weighted by Gasteiger charge is 2.06. The van der Waals surface area contributed by atoms with Gasteiger partial charge in [0, 0.05) is 6.07 Å².